The molecule has 2 rings (SSSR count). The number of benzene rings is 2. The van der Waals surface area contributed by atoms with Gasteiger partial charge in [0.1, 0.15) is 11.5 Å². The normalized spacial score (nSPS) is 12.4. The van der Waals surface area contributed by atoms with Crippen molar-refractivity contribution in [1.82, 2.24) is 0 Å². The Kier molecular flexibility index (Phi) is 4.48. The van der Waals surface area contributed by atoms with E-state index < -0.39 is 0 Å². The number of phenolic OH excluding ortho intramolecular Hbond substituents is 2. The van der Waals surface area contributed by atoms with Crippen LogP contribution in [0.2, 0.25) is 0 Å². The van der Waals surface area contributed by atoms with Crippen LogP contribution in [0.15, 0.2) is 36.4 Å². The van der Waals surface area contributed by atoms with Crippen molar-refractivity contribution in [3.05, 3.63) is 58.7 Å². The number of hydrogen-bond donors (Lipinski definition) is 2. The second-order valence-corrected chi connectivity index (χ2v) is 8.30. The van der Waals surface area contributed by atoms with E-state index in [4.69, 9.17) is 0 Å². The standard InChI is InChI=1S/C21H28O2/c1-20(2,3)18-14(9-7-11-16(18)22)13-15-10-8-12-17(23)19(15)21(4,5)6/h7-12,22-23H,13H2,1-6H3. The number of phenols is 2. The van der Waals surface area contributed by atoms with Gasteiger partial charge in [-0.2, -0.15) is 0 Å². The second-order valence-electron chi connectivity index (χ2n) is 8.30. The van der Waals surface area contributed by atoms with E-state index in [9.17, 15) is 10.2 Å². The fourth-order valence-corrected chi connectivity index (χ4v) is 3.40. The molecule has 0 bridgehead atoms. The van der Waals surface area contributed by atoms with E-state index in [1.54, 1.807) is 12.1 Å². The van der Waals surface area contributed by atoms with E-state index in [1.165, 1.54) is 0 Å². The van der Waals surface area contributed by atoms with Crippen molar-refractivity contribution in [2.24, 2.45) is 0 Å². The van der Waals surface area contributed by atoms with E-state index >= 15 is 0 Å². The van der Waals surface area contributed by atoms with Gasteiger partial charge >= 0.3 is 0 Å². The highest BCUT2D eigenvalue weighted by Gasteiger charge is 2.25. The van der Waals surface area contributed by atoms with Gasteiger partial charge in [0.2, 0.25) is 0 Å². The molecule has 0 saturated carbocycles. The van der Waals surface area contributed by atoms with Gasteiger partial charge in [0.05, 0.1) is 0 Å². The van der Waals surface area contributed by atoms with Crippen LogP contribution in [-0.4, -0.2) is 10.2 Å². The molecular weight excluding hydrogens is 284 g/mol. The molecule has 0 amide bonds. The Hall–Kier alpha value is -1.96. The molecule has 2 N–H and O–H groups in total. The van der Waals surface area contributed by atoms with Crippen LogP contribution in [-0.2, 0) is 17.3 Å². The zero-order valence-electron chi connectivity index (χ0n) is 15.1. The van der Waals surface area contributed by atoms with Gasteiger partial charge in [-0.25, -0.2) is 0 Å². The summed E-state index contributed by atoms with van der Waals surface area (Å²) >= 11 is 0. The molecule has 0 aliphatic carbocycles. The minimum absolute atomic E-state index is 0.139. The van der Waals surface area contributed by atoms with Crippen LogP contribution in [0.5, 0.6) is 11.5 Å². The fraction of sp³-hybridized carbons (Fsp3) is 0.429. The summed E-state index contributed by atoms with van der Waals surface area (Å²) in [7, 11) is 0. The highest BCUT2D eigenvalue weighted by atomic mass is 16.3. The van der Waals surface area contributed by atoms with E-state index in [-0.39, 0.29) is 10.8 Å². The van der Waals surface area contributed by atoms with E-state index in [0.29, 0.717) is 17.9 Å². The van der Waals surface area contributed by atoms with Gasteiger partial charge in [0, 0.05) is 11.1 Å². The van der Waals surface area contributed by atoms with E-state index in [0.717, 1.165) is 22.3 Å². The molecule has 2 aromatic carbocycles. The molecule has 0 aromatic heterocycles. The highest BCUT2D eigenvalue weighted by molar-refractivity contribution is 5.50. The predicted molar refractivity (Wildman–Crippen MR) is 96.4 cm³/mol. The smallest absolute Gasteiger partial charge is 0.119 e. The lowest BCUT2D eigenvalue weighted by Gasteiger charge is -2.27. The Morgan fingerprint density at radius 2 is 1.00 bits per heavy atom. The molecule has 124 valence electrons. The van der Waals surface area contributed by atoms with Gasteiger partial charge in [-0.3, -0.25) is 0 Å². The highest BCUT2D eigenvalue weighted by Crippen LogP contribution is 2.38. The first-order chi connectivity index (χ1) is 10.5. The maximum atomic E-state index is 10.3. The first kappa shape index (κ1) is 17.4. The summed E-state index contributed by atoms with van der Waals surface area (Å²) in [6.45, 7) is 12.7. The lowest BCUT2D eigenvalue weighted by atomic mass is 9.78. The summed E-state index contributed by atoms with van der Waals surface area (Å²) in [4.78, 5) is 0. The summed E-state index contributed by atoms with van der Waals surface area (Å²) < 4.78 is 0. The van der Waals surface area contributed by atoms with Crippen molar-refractivity contribution < 1.29 is 10.2 Å². The number of rotatable bonds is 2. The summed E-state index contributed by atoms with van der Waals surface area (Å²) in [5.74, 6) is 0.680. The van der Waals surface area contributed by atoms with Crippen LogP contribution >= 0.6 is 0 Å². The van der Waals surface area contributed by atoms with Gasteiger partial charge in [-0.05, 0) is 40.5 Å². The Morgan fingerprint density at radius 1 is 0.652 bits per heavy atom. The van der Waals surface area contributed by atoms with Crippen LogP contribution in [0, 0.1) is 0 Å². The third kappa shape index (κ3) is 3.69. The minimum atomic E-state index is -0.139. The molecule has 2 nitrogen and oxygen atoms in total. The third-order valence-corrected chi connectivity index (χ3v) is 4.14. The van der Waals surface area contributed by atoms with Crippen LogP contribution in [0.1, 0.15) is 63.8 Å². The molecule has 0 radical (unpaired) electrons. The molecule has 0 aliphatic rings. The van der Waals surface area contributed by atoms with Gasteiger partial charge < -0.3 is 10.2 Å². The summed E-state index contributed by atoms with van der Waals surface area (Å²) in [6.07, 6.45) is 0.696. The molecule has 0 atom stereocenters. The average molecular weight is 312 g/mol. The lowest BCUT2D eigenvalue weighted by Crippen LogP contribution is -2.17. The Balaban J connectivity index is 2.59. The number of hydrogen-bond acceptors (Lipinski definition) is 2. The topological polar surface area (TPSA) is 40.5 Å². The largest absolute Gasteiger partial charge is 0.508 e. The van der Waals surface area contributed by atoms with Crippen molar-refractivity contribution in [3.63, 3.8) is 0 Å². The monoisotopic (exact) mass is 312 g/mol. The van der Waals surface area contributed by atoms with Crippen molar-refractivity contribution >= 4 is 0 Å². The van der Waals surface area contributed by atoms with Crippen molar-refractivity contribution in [2.45, 2.75) is 58.8 Å². The van der Waals surface area contributed by atoms with Gasteiger partial charge in [-0.1, -0.05) is 65.8 Å². The maximum Gasteiger partial charge on any atom is 0.119 e. The molecule has 2 aromatic rings. The first-order valence-electron chi connectivity index (χ1n) is 8.14. The molecule has 2 heteroatoms. The van der Waals surface area contributed by atoms with Gasteiger partial charge in [0.15, 0.2) is 0 Å². The van der Waals surface area contributed by atoms with Crippen LogP contribution in [0.3, 0.4) is 0 Å². The molecule has 0 unspecified atom stereocenters. The Bertz CT molecular complexity index is 639. The van der Waals surface area contributed by atoms with Gasteiger partial charge in [0.25, 0.3) is 0 Å². The zero-order chi connectivity index (χ0) is 17.4. The SMILES string of the molecule is CC(C)(C)c1c(O)cccc1Cc1cccc(O)c1C(C)(C)C. The van der Waals surface area contributed by atoms with Crippen molar-refractivity contribution in [2.75, 3.05) is 0 Å². The van der Waals surface area contributed by atoms with Crippen molar-refractivity contribution in [3.8, 4) is 11.5 Å². The third-order valence-electron chi connectivity index (χ3n) is 4.14. The fourth-order valence-electron chi connectivity index (χ4n) is 3.40. The molecule has 23 heavy (non-hydrogen) atoms. The average Bonchev–Trinajstić information content (AvgIpc) is 2.35. The van der Waals surface area contributed by atoms with Gasteiger partial charge in [-0.15, -0.1) is 0 Å². The molecule has 0 fully saturated rings. The van der Waals surface area contributed by atoms with Crippen molar-refractivity contribution in [1.29, 1.82) is 0 Å². The number of aromatic hydroxyl groups is 2. The zero-order valence-corrected chi connectivity index (χ0v) is 15.1. The Morgan fingerprint density at radius 3 is 1.30 bits per heavy atom. The van der Waals surface area contributed by atoms with E-state index in [1.807, 2.05) is 12.1 Å². The lowest BCUT2D eigenvalue weighted by molar-refractivity contribution is 0.442. The predicted octanol–water partition coefficient (Wildman–Crippen LogP) is 5.28. The first-order valence-corrected chi connectivity index (χ1v) is 8.14. The van der Waals surface area contributed by atoms with Crippen LogP contribution < -0.4 is 0 Å². The second kappa shape index (κ2) is 5.92. The van der Waals surface area contributed by atoms with E-state index in [2.05, 4.69) is 53.7 Å². The molecule has 0 aliphatic heterocycles. The quantitative estimate of drug-likeness (QED) is 0.791. The summed E-state index contributed by atoms with van der Waals surface area (Å²) in [5.41, 5.74) is 3.88. The summed E-state index contributed by atoms with van der Waals surface area (Å²) in [5, 5.41) is 20.7. The molecule has 0 saturated heterocycles. The van der Waals surface area contributed by atoms with Crippen LogP contribution in [0.4, 0.5) is 0 Å². The van der Waals surface area contributed by atoms with Crippen LogP contribution in [0.25, 0.3) is 0 Å². The maximum absolute atomic E-state index is 10.3. The summed E-state index contributed by atoms with van der Waals surface area (Å²) in [6, 6.07) is 11.4. The Labute approximate surface area is 139 Å². The minimum Gasteiger partial charge on any atom is -0.508 e. The molecular formula is C21H28O2. The molecule has 0 heterocycles. The molecule has 0 spiro atoms.